The van der Waals surface area contributed by atoms with Crippen LogP contribution < -0.4 is 0 Å². The quantitative estimate of drug-likeness (QED) is 0.629. The summed E-state index contributed by atoms with van der Waals surface area (Å²) in [6.07, 6.45) is 1.67. The molecule has 72 valence electrons. The molecule has 0 bridgehead atoms. The second-order valence-corrected chi connectivity index (χ2v) is 4.24. The van der Waals surface area contributed by atoms with Crippen molar-refractivity contribution in [3.8, 4) is 5.69 Å². The van der Waals surface area contributed by atoms with Crippen LogP contribution in [0.2, 0.25) is 0 Å². The number of rotatable bonds is 2. The third kappa shape index (κ3) is 1.90. The van der Waals surface area contributed by atoms with E-state index >= 15 is 0 Å². The number of halogens is 2. The molecule has 0 atom stereocenters. The smallest absolute Gasteiger partial charge is 0.152 e. The molecule has 2 rings (SSSR count). The summed E-state index contributed by atoms with van der Waals surface area (Å²) >= 11 is 8.00. The third-order valence-corrected chi connectivity index (χ3v) is 2.73. The Labute approximate surface area is 100 Å². The summed E-state index contributed by atoms with van der Waals surface area (Å²) in [4.78, 5) is 0. The van der Waals surface area contributed by atoms with Crippen LogP contribution in [0.1, 0.15) is 5.82 Å². The highest BCUT2D eigenvalue weighted by molar-refractivity contribution is 14.1. The van der Waals surface area contributed by atoms with Crippen molar-refractivity contribution in [2.75, 3.05) is 0 Å². The molecule has 3 nitrogen and oxygen atoms in total. The van der Waals surface area contributed by atoms with Crippen LogP contribution in [0, 0.1) is 3.57 Å². The van der Waals surface area contributed by atoms with Crippen LogP contribution in [0.4, 0.5) is 0 Å². The van der Waals surface area contributed by atoms with Gasteiger partial charge in [-0.25, -0.2) is 0 Å². The Balaban J connectivity index is 2.49. The summed E-state index contributed by atoms with van der Waals surface area (Å²) in [6.45, 7) is 0. The molecule has 5 heteroatoms. The fraction of sp³-hybridized carbons (Fsp3) is 0.111. The normalized spacial score (nSPS) is 10.4. The van der Waals surface area contributed by atoms with Crippen molar-refractivity contribution in [3.05, 3.63) is 40.0 Å². The molecule has 0 fully saturated rings. The molecule has 0 amide bonds. The highest BCUT2D eigenvalue weighted by atomic mass is 127. The van der Waals surface area contributed by atoms with Crippen LogP contribution in [0.5, 0.6) is 0 Å². The van der Waals surface area contributed by atoms with Gasteiger partial charge in [0.1, 0.15) is 6.33 Å². The van der Waals surface area contributed by atoms with Gasteiger partial charge in [-0.3, -0.25) is 4.57 Å². The Kier molecular flexibility index (Phi) is 3.02. The monoisotopic (exact) mass is 319 g/mol. The second kappa shape index (κ2) is 4.27. The number of alkyl halides is 1. The van der Waals surface area contributed by atoms with Gasteiger partial charge in [-0.05, 0) is 40.8 Å². The molecule has 0 aliphatic carbocycles. The van der Waals surface area contributed by atoms with E-state index in [1.807, 2.05) is 22.8 Å². The average Bonchev–Trinajstić information content (AvgIpc) is 2.65. The molecule has 2 aromatic rings. The lowest BCUT2D eigenvalue weighted by atomic mass is 10.3. The molecule has 0 saturated heterocycles. The highest BCUT2D eigenvalue weighted by Crippen LogP contribution is 2.14. The number of nitrogens with zero attached hydrogens (tertiary/aromatic N) is 3. The van der Waals surface area contributed by atoms with Crippen molar-refractivity contribution in [2.45, 2.75) is 5.88 Å². The van der Waals surface area contributed by atoms with Gasteiger partial charge in [0.05, 0.1) is 5.88 Å². The van der Waals surface area contributed by atoms with Gasteiger partial charge in [0.15, 0.2) is 5.82 Å². The number of aromatic nitrogens is 3. The van der Waals surface area contributed by atoms with Gasteiger partial charge in [0, 0.05) is 9.26 Å². The molecular weight excluding hydrogens is 312 g/mol. The Morgan fingerprint density at radius 3 is 3.00 bits per heavy atom. The summed E-state index contributed by atoms with van der Waals surface area (Å²) in [5.41, 5.74) is 1.04. The highest BCUT2D eigenvalue weighted by Gasteiger charge is 2.04. The Morgan fingerprint density at radius 2 is 2.29 bits per heavy atom. The summed E-state index contributed by atoms with van der Waals surface area (Å²) in [5.74, 6) is 1.12. The topological polar surface area (TPSA) is 30.7 Å². The zero-order valence-corrected chi connectivity index (χ0v) is 10.1. The lowest BCUT2D eigenvalue weighted by molar-refractivity contribution is 0.950. The predicted octanol–water partition coefficient (Wildman–Crippen LogP) is 2.61. The van der Waals surface area contributed by atoms with E-state index in [1.54, 1.807) is 6.33 Å². The molecule has 0 saturated carbocycles. The van der Waals surface area contributed by atoms with Crippen LogP contribution in [0.3, 0.4) is 0 Å². The van der Waals surface area contributed by atoms with E-state index in [1.165, 1.54) is 3.57 Å². The van der Waals surface area contributed by atoms with E-state index in [0.29, 0.717) is 5.88 Å². The number of hydrogen-bond acceptors (Lipinski definition) is 2. The van der Waals surface area contributed by atoms with Gasteiger partial charge in [-0.15, -0.1) is 21.8 Å². The SMILES string of the molecule is ClCc1nncn1-c1cccc(I)c1. The van der Waals surface area contributed by atoms with Gasteiger partial charge in [0.2, 0.25) is 0 Å². The van der Waals surface area contributed by atoms with E-state index in [9.17, 15) is 0 Å². The molecule has 0 radical (unpaired) electrons. The summed E-state index contributed by atoms with van der Waals surface area (Å²) in [7, 11) is 0. The minimum Gasteiger partial charge on any atom is -0.285 e. The molecule has 0 N–H and O–H groups in total. The van der Waals surface area contributed by atoms with Gasteiger partial charge < -0.3 is 0 Å². The van der Waals surface area contributed by atoms with E-state index in [0.717, 1.165) is 11.5 Å². The molecular formula is C9H7ClIN3. The van der Waals surface area contributed by atoms with Crippen molar-refractivity contribution in [3.63, 3.8) is 0 Å². The first kappa shape index (κ1) is 9.92. The van der Waals surface area contributed by atoms with Crippen molar-refractivity contribution in [2.24, 2.45) is 0 Å². The predicted molar refractivity (Wildman–Crippen MR) is 63.6 cm³/mol. The summed E-state index contributed by atoms with van der Waals surface area (Å²) in [6, 6.07) is 8.09. The minimum atomic E-state index is 0.367. The molecule has 1 aromatic heterocycles. The second-order valence-electron chi connectivity index (χ2n) is 2.73. The van der Waals surface area contributed by atoms with Crippen LogP contribution in [-0.4, -0.2) is 14.8 Å². The zero-order valence-electron chi connectivity index (χ0n) is 7.19. The number of benzene rings is 1. The van der Waals surface area contributed by atoms with Crippen LogP contribution in [0.25, 0.3) is 5.69 Å². The van der Waals surface area contributed by atoms with Crippen molar-refractivity contribution in [1.29, 1.82) is 0 Å². The van der Waals surface area contributed by atoms with E-state index in [4.69, 9.17) is 11.6 Å². The minimum absolute atomic E-state index is 0.367. The standard InChI is InChI=1S/C9H7ClIN3/c10-5-9-13-12-6-14(9)8-3-1-2-7(11)4-8/h1-4,6H,5H2. The zero-order chi connectivity index (χ0) is 9.97. The van der Waals surface area contributed by atoms with Crippen LogP contribution >= 0.6 is 34.2 Å². The average molecular weight is 320 g/mol. The molecule has 14 heavy (non-hydrogen) atoms. The molecule has 0 aliphatic heterocycles. The molecule has 0 aliphatic rings. The molecule has 0 spiro atoms. The van der Waals surface area contributed by atoms with Gasteiger partial charge >= 0.3 is 0 Å². The molecule has 0 unspecified atom stereocenters. The Bertz CT molecular complexity index is 441. The lowest BCUT2D eigenvalue weighted by Gasteiger charge is -2.04. The number of hydrogen-bond donors (Lipinski definition) is 0. The lowest BCUT2D eigenvalue weighted by Crippen LogP contribution is -1.97. The van der Waals surface area contributed by atoms with E-state index < -0.39 is 0 Å². The van der Waals surface area contributed by atoms with Gasteiger partial charge in [-0.1, -0.05) is 6.07 Å². The Morgan fingerprint density at radius 1 is 1.43 bits per heavy atom. The third-order valence-electron chi connectivity index (χ3n) is 1.82. The first-order valence-electron chi connectivity index (χ1n) is 4.02. The first-order valence-corrected chi connectivity index (χ1v) is 5.63. The van der Waals surface area contributed by atoms with Crippen LogP contribution in [0.15, 0.2) is 30.6 Å². The van der Waals surface area contributed by atoms with Gasteiger partial charge in [-0.2, -0.15) is 0 Å². The summed E-state index contributed by atoms with van der Waals surface area (Å²) < 4.78 is 3.06. The maximum absolute atomic E-state index is 5.74. The first-order chi connectivity index (χ1) is 6.81. The maximum Gasteiger partial charge on any atom is 0.152 e. The fourth-order valence-corrected chi connectivity index (χ4v) is 1.90. The maximum atomic E-state index is 5.74. The largest absolute Gasteiger partial charge is 0.285 e. The van der Waals surface area contributed by atoms with Gasteiger partial charge in [0.25, 0.3) is 0 Å². The van der Waals surface area contributed by atoms with Crippen LogP contribution in [-0.2, 0) is 5.88 Å². The van der Waals surface area contributed by atoms with Crippen molar-refractivity contribution < 1.29 is 0 Å². The molecule has 1 heterocycles. The van der Waals surface area contributed by atoms with Crippen molar-refractivity contribution in [1.82, 2.24) is 14.8 Å². The molecule has 1 aromatic carbocycles. The van der Waals surface area contributed by atoms with E-state index in [-0.39, 0.29) is 0 Å². The Hall–Kier alpha value is -0.620. The summed E-state index contributed by atoms with van der Waals surface area (Å²) in [5, 5.41) is 7.74. The van der Waals surface area contributed by atoms with E-state index in [2.05, 4.69) is 38.9 Å². The fourth-order valence-electron chi connectivity index (χ4n) is 1.19. The van der Waals surface area contributed by atoms with Crippen molar-refractivity contribution >= 4 is 34.2 Å².